The van der Waals surface area contributed by atoms with E-state index in [0.29, 0.717) is 17.1 Å². The molecule has 1 atom stereocenters. The van der Waals surface area contributed by atoms with Crippen LogP contribution in [0.4, 0.5) is 5.95 Å². The minimum Gasteiger partial charge on any atom is -0.341 e. The summed E-state index contributed by atoms with van der Waals surface area (Å²) in [5.41, 5.74) is 9.72. The maximum Gasteiger partial charge on any atom is 0.206 e. The number of nitrogens with two attached hydrogens (primary N) is 1. The molecular weight excluding hydrogens is 346 g/mol. The molecule has 1 saturated heterocycles. The maximum absolute atomic E-state index is 9.48. The van der Waals surface area contributed by atoms with E-state index in [1.807, 2.05) is 30.3 Å². The summed E-state index contributed by atoms with van der Waals surface area (Å²) in [6, 6.07) is 16.0. The maximum atomic E-state index is 9.48. The van der Waals surface area contributed by atoms with Crippen LogP contribution in [-0.2, 0) is 6.54 Å². The molecule has 0 bridgehead atoms. The first-order valence-corrected chi connectivity index (χ1v) is 9.18. The highest BCUT2D eigenvalue weighted by Crippen LogP contribution is 2.27. The second-order valence-electron chi connectivity index (χ2n) is 6.75. The molecule has 132 valence electrons. The van der Waals surface area contributed by atoms with E-state index in [0.717, 1.165) is 48.5 Å². The van der Waals surface area contributed by atoms with Gasteiger partial charge in [-0.15, -0.1) is 0 Å². The quantitative estimate of drug-likeness (QED) is 0.770. The van der Waals surface area contributed by atoms with Crippen molar-refractivity contribution in [2.75, 3.05) is 18.0 Å². The smallest absolute Gasteiger partial charge is 0.206 e. The van der Waals surface area contributed by atoms with Gasteiger partial charge in [0.25, 0.3) is 0 Å². The predicted octanol–water partition coefficient (Wildman–Crippen LogP) is 3.54. The van der Waals surface area contributed by atoms with Crippen LogP contribution in [0.1, 0.15) is 24.0 Å². The average molecular weight is 366 g/mol. The molecule has 1 fully saturated rings. The molecule has 4 rings (SSSR count). The van der Waals surface area contributed by atoms with Crippen molar-refractivity contribution in [1.29, 1.82) is 5.26 Å². The number of fused-ring (bicyclic) bond motifs is 1. The third-order valence-electron chi connectivity index (χ3n) is 4.90. The second kappa shape index (κ2) is 6.99. The Labute approximate surface area is 157 Å². The van der Waals surface area contributed by atoms with Crippen molar-refractivity contribution in [3.8, 4) is 6.07 Å². The van der Waals surface area contributed by atoms with Gasteiger partial charge in [0.05, 0.1) is 29.2 Å². The Kier molecular flexibility index (Phi) is 4.54. The van der Waals surface area contributed by atoms with Crippen LogP contribution in [0.15, 0.2) is 42.5 Å². The highest BCUT2D eigenvalue weighted by molar-refractivity contribution is 6.30. The van der Waals surface area contributed by atoms with Crippen molar-refractivity contribution in [1.82, 2.24) is 9.55 Å². The summed E-state index contributed by atoms with van der Waals surface area (Å²) in [4.78, 5) is 7.12. The Balaban J connectivity index is 1.81. The van der Waals surface area contributed by atoms with E-state index in [2.05, 4.69) is 21.6 Å². The van der Waals surface area contributed by atoms with Gasteiger partial charge in [-0.3, -0.25) is 0 Å². The molecule has 2 aromatic carbocycles. The highest BCUT2D eigenvalue weighted by Gasteiger charge is 2.23. The molecule has 0 saturated carbocycles. The number of imidazole rings is 1. The summed E-state index contributed by atoms with van der Waals surface area (Å²) in [5, 5.41) is 10.0. The number of rotatable bonds is 3. The van der Waals surface area contributed by atoms with Gasteiger partial charge < -0.3 is 15.2 Å². The van der Waals surface area contributed by atoms with Gasteiger partial charge in [0.1, 0.15) is 0 Å². The van der Waals surface area contributed by atoms with Gasteiger partial charge in [-0.25, -0.2) is 4.98 Å². The van der Waals surface area contributed by atoms with Gasteiger partial charge in [0.15, 0.2) is 0 Å². The Bertz CT molecular complexity index is 988. The van der Waals surface area contributed by atoms with Crippen molar-refractivity contribution in [2.45, 2.75) is 25.4 Å². The summed E-state index contributed by atoms with van der Waals surface area (Å²) >= 11 is 6.05. The first kappa shape index (κ1) is 16.9. The van der Waals surface area contributed by atoms with Gasteiger partial charge >= 0.3 is 0 Å². The molecule has 1 aliphatic heterocycles. The highest BCUT2D eigenvalue weighted by atomic mass is 35.5. The molecule has 0 amide bonds. The van der Waals surface area contributed by atoms with Crippen molar-refractivity contribution >= 4 is 28.6 Å². The van der Waals surface area contributed by atoms with E-state index in [9.17, 15) is 5.26 Å². The number of halogens is 1. The zero-order chi connectivity index (χ0) is 18.1. The molecule has 26 heavy (non-hydrogen) atoms. The fourth-order valence-electron chi connectivity index (χ4n) is 3.61. The van der Waals surface area contributed by atoms with Crippen LogP contribution >= 0.6 is 11.6 Å². The molecule has 1 aliphatic rings. The third-order valence-corrected chi connectivity index (χ3v) is 5.13. The molecule has 3 aromatic rings. The lowest BCUT2D eigenvalue weighted by Crippen LogP contribution is -2.44. The second-order valence-corrected chi connectivity index (χ2v) is 7.18. The van der Waals surface area contributed by atoms with Crippen LogP contribution in [0, 0.1) is 11.3 Å². The number of para-hydroxylation sites is 2. The van der Waals surface area contributed by atoms with E-state index < -0.39 is 0 Å². The zero-order valence-corrected chi connectivity index (χ0v) is 15.2. The van der Waals surface area contributed by atoms with Gasteiger partial charge in [-0.2, -0.15) is 5.26 Å². The Hall–Kier alpha value is -2.55. The minimum absolute atomic E-state index is 0.169. The summed E-state index contributed by atoms with van der Waals surface area (Å²) < 4.78 is 2.18. The fourth-order valence-corrected chi connectivity index (χ4v) is 3.78. The molecule has 5 nitrogen and oxygen atoms in total. The van der Waals surface area contributed by atoms with Crippen molar-refractivity contribution in [2.24, 2.45) is 5.73 Å². The summed E-state index contributed by atoms with van der Waals surface area (Å²) in [6.45, 7) is 2.32. The fraction of sp³-hybridized carbons (Fsp3) is 0.300. The molecule has 2 N–H and O–H groups in total. The molecule has 0 spiro atoms. The number of piperidine rings is 1. The first-order valence-electron chi connectivity index (χ1n) is 8.80. The Morgan fingerprint density at radius 2 is 2.12 bits per heavy atom. The molecular formula is C20H20ClN5. The van der Waals surface area contributed by atoms with E-state index in [1.54, 1.807) is 6.07 Å². The van der Waals surface area contributed by atoms with Crippen molar-refractivity contribution in [3.63, 3.8) is 0 Å². The van der Waals surface area contributed by atoms with Gasteiger partial charge in [-0.05, 0) is 42.7 Å². The lowest BCUT2D eigenvalue weighted by Gasteiger charge is -2.32. The summed E-state index contributed by atoms with van der Waals surface area (Å²) in [6.07, 6.45) is 2.11. The largest absolute Gasteiger partial charge is 0.341 e. The average Bonchev–Trinajstić information content (AvgIpc) is 3.02. The van der Waals surface area contributed by atoms with Crippen LogP contribution in [-0.4, -0.2) is 28.7 Å². The molecule has 1 aromatic heterocycles. The van der Waals surface area contributed by atoms with Crippen LogP contribution in [0.2, 0.25) is 5.02 Å². The number of hydrogen-bond acceptors (Lipinski definition) is 4. The van der Waals surface area contributed by atoms with Gasteiger partial charge in [-0.1, -0.05) is 29.8 Å². The third kappa shape index (κ3) is 3.14. The topological polar surface area (TPSA) is 70.9 Å². The monoisotopic (exact) mass is 365 g/mol. The first-order chi connectivity index (χ1) is 12.7. The molecule has 0 radical (unpaired) electrons. The lowest BCUT2D eigenvalue weighted by atomic mass is 10.1. The number of nitriles is 1. The van der Waals surface area contributed by atoms with Crippen LogP contribution < -0.4 is 10.6 Å². The number of aromatic nitrogens is 2. The number of anilines is 1. The standard InChI is InChI=1S/C20H20ClN5/c21-16-8-7-14(15(10-16)11-22)12-26-19-6-2-1-5-18(19)24-20(26)25-9-3-4-17(23)13-25/h1-2,5-8,10,17H,3-4,9,12-13,23H2/t17-/m1/s1. The van der Waals surface area contributed by atoms with Gasteiger partial charge in [0, 0.05) is 24.2 Å². The predicted molar refractivity (Wildman–Crippen MR) is 104 cm³/mol. The minimum atomic E-state index is 0.169. The van der Waals surface area contributed by atoms with Crippen molar-refractivity contribution in [3.05, 3.63) is 58.6 Å². The van der Waals surface area contributed by atoms with E-state index in [4.69, 9.17) is 22.3 Å². The van der Waals surface area contributed by atoms with E-state index >= 15 is 0 Å². The number of benzene rings is 2. The van der Waals surface area contributed by atoms with E-state index in [-0.39, 0.29) is 6.04 Å². The zero-order valence-electron chi connectivity index (χ0n) is 14.4. The number of hydrogen-bond donors (Lipinski definition) is 1. The molecule has 6 heteroatoms. The van der Waals surface area contributed by atoms with Gasteiger partial charge in [0.2, 0.25) is 5.95 Å². The molecule has 2 heterocycles. The lowest BCUT2D eigenvalue weighted by molar-refractivity contribution is 0.495. The summed E-state index contributed by atoms with van der Waals surface area (Å²) in [7, 11) is 0. The summed E-state index contributed by atoms with van der Waals surface area (Å²) in [5.74, 6) is 0.917. The Morgan fingerprint density at radius 3 is 2.92 bits per heavy atom. The van der Waals surface area contributed by atoms with E-state index in [1.165, 1.54) is 0 Å². The van der Waals surface area contributed by atoms with Crippen molar-refractivity contribution < 1.29 is 0 Å². The van der Waals surface area contributed by atoms with Crippen LogP contribution in [0.25, 0.3) is 11.0 Å². The SMILES string of the molecule is N#Cc1cc(Cl)ccc1Cn1c(N2CCC[C@@H](N)C2)nc2ccccc21. The molecule has 0 aliphatic carbocycles. The molecule has 0 unspecified atom stereocenters. The van der Waals surface area contributed by atoms with Crippen LogP contribution in [0.3, 0.4) is 0 Å². The normalized spacial score (nSPS) is 17.4. The van der Waals surface area contributed by atoms with Crippen LogP contribution in [0.5, 0.6) is 0 Å². The number of nitrogens with zero attached hydrogens (tertiary/aromatic N) is 4. The Morgan fingerprint density at radius 1 is 1.27 bits per heavy atom.